The Kier molecular flexibility index (Phi) is 4.96. The summed E-state index contributed by atoms with van der Waals surface area (Å²) in [5.74, 6) is -1.06. The van der Waals surface area contributed by atoms with Gasteiger partial charge in [-0.05, 0) is 43.5 Å². The number of aromatic nitrogens is 3. The monoisotopic (exact) mass is 416 g/mol. The van der Waals surface area contributed by atoms with Crippen molar-refractivity contribution >= 4 is 34.2 Å². The molecule has 0 aliphatic heterocycles. The first kappa shape index (κ1) is 19.3. The molecule has 1 aliphatic rings. The van der Waals surface area contributed by atoms with Gasteiger partial charge in [-0.25, -0.2) is 14.2 Å². The number of benzene rings is 1. The van der Waals surface area contributed by atoms with Gasteiger partial charge in [-0.15, -0.1) is 0 Å². The number of pyridine rings is 1. The predicted octanol–water partition coefficient (Wildman–Crippen LogP) is 3.42. The van der Waals surface area contributed by atoms with Gasteiger partial charge in [0, 0.05) is 23.8 Å². The van der Waals surface area contributed by atoms with Crippen LogP contribution in [-0.2, 0) is 6.54 Å². The predicted molar refractivity (Wildman–Crippen MR) is 108 cm³/mol. The van der Waals surface area contributed by atoms with E-state index in [1.807, 2.05) is 6.92 Å². The molecule has 1 aromatic carbocycles. The minimum absolute atomic E-state index is 0.0365. The van der Waals surface area contributed by atoms with Crippen molar-refractivity contribution < 1.29 is 9.18 Å². The van der Waals surface area contributed by atoms with Crippen LogP contribution in [0, 0.1) is 5.82 Å². The van der Waals surface area contributed by atoms with E-state index in [1.165, 1.54) is 16.7 Å². The van der Waals surface area contributed by atoms with Crippen molar-refractivity contribution in [3.63, 3.8) is 0 Å². The number of halogens is 2. The highest BCUT2D eigenvalue weighted by Gasteiger charge is 2.28. The quantitative estimate of drug-likeness (QED) is 0.666. The maximum atomic E-state index is 13.7. The van der Waals surface area contributed by atoms with Gasteiger partial charge in [-0.3, -0.25) is 19.1 Å². The van der Waals surface area contributed by atoms with Crippen molar-refractivity contribution in [2.24, 2.45) is 0 Å². The summed E-state index contributed by atoms with van der Waals surface area (Å²) in [5, 5.41) is 2.57. The number of carbonyl (C=O) groups excluding carboxylic acids is 1. The Balaban J connectivity index is 1.89. The van der Waals surface area contributed by atoms with Gasteiger partial charge < -0.3 is 5.32 Å². The summed E-state index contributed by atoms with van der Waals surface area (Å²) in [6.45, 7) is 2.26. The van der Waals surface area contributed by atoms with E-state index >= 15 is 0 Å². The maximum absolute atomic E-state index is 13.7. The summed E-state index contributed by atoms with van der Waals surface area (Å²) in [6, 6.07) is 5.48. The Morgan fingerprint density at radius 1 is 1.34 bits per heavy atom. The van der Waals surface area contributed by atoms with Gasteiger partial charge in [-0.2, -0.15) is 0 Å². The lowest BCUT2D eigenvalue weighted by Gasteiger charge is -2.13. The fourth-order valence-corrected chi connectivity index (χ4v) is 3.38. The van der Waals surface area contributed by atoms with Gasteiger partial charge in [0.05, 0.1) is 16.0 Å². The molecule has 0 saturated heterocycles. The number of amides is 1. The molecule has 0 atom stereocenters. The molecule has 1 saturated carbocycles. The average Bonchev–Trinajstić information content (AvgIpc) is 3.52. The minimum atomic E-state index is -0.681. The van der Waals surface area contributed by atoms with Crippen molar-refractivity contribution in [1.82, 2.24) is 14.5 Å². The highest BCUT2D eigenvalue weighted by molar-refractivity contribution is 6.30. The van der Waals surface area contributed by atoms with Gasteiger partial charge in [0.15, 0.2) is 5.65 Å². The molecule has 2 heterocycles. The molecule has 1 amide bonds. The van der Waals surface area contributed by atoms with E-state index in [2.05, 4.69) is 15.3 Å². The van der Waals surface area contributed by atoms with E-state index < -0.39 is 23.0 Å². The second kappa shape index (κ2) is 7.44. The molecule has 150 valence electrons. The van der Waals surface area contributed by atoms with Crippen LogP contribution in [0.25, 0.3) is 11.0 Å². The summed E-state index contributed by atoms with van der Waals surface area (Å²) in [6.07, 6.45) is 2.52. The van der Waals surface area contributed by atoms with E-state index in [0.29, 0.717) is 18.7 Å². The van der Waals surface area contributed by atoms with Gasteiger partial charge in [0.2, 0.25) is 0 Å². The third-order valence-corrected chi connectivity index (χ3v) is 5.14. The van der Waals surface area contributed by atoms with Gasteiger partial charge in [0.1, 0.15) is 5.82 Å². The van der Waals surface area contributed by atoms with Gasteiger partial charge >= 0.3 is 5.69 Å². The molecule has 0 spiro atoms. The van der Waals surface area contributed by atoms with E-state index in [1.54, 1.807) is 6.07 Å². The molecule has 0 unspecified atom stereocenters. The lowest BCUT2D eigenvalue weighted by Crippen LogP contribution is -2.32. The molecular formula is C20H18ClFN4O3. The fourth-order valence-electron chi connectivity index (χ4n) is 3.26. The number of nitrogens with zero attached hydrogens (tertiary/aromatic N) is 2. The van der Waals surface area contributed by atoms with Crippen LogP contribution < -0.4 is 16.6 Å². The first-order chi connectivity index (χ1) is 13.9. The van der Waals surface area contributed by atoms with Gasteiger partial charge in [0.25, 0.3) is 11.5 Å². The number of hydrogen-bond donors (Lipinski definition) is 2. The number of hydrogen-bond acceptors (Lipinski definition) is 4. The molecule has 0 radical (unpaired) electrons. The summed E-state index contributed by atoms with van der Waals surface area (Å²) < 4.78 is 15.1. The first-order valence-electron chi connectivity index (χ1n) is 9.33. The number of anilines is 1. The van der Waals surface area contributed by atoms with Crippen LogP contribution in [-0.4, -0.2) is 20.4 Å². The highest BCUT2D eigenvalue weighted by atomic mass is 35.5. The lowest BCUT2D eigenvalue weighted by atomic mass is 10.1. The highest BCUT2D eigenvalue weighted by Crippen LogP contribution is 2.40. The number of fused-ring (bicyclic) bond motifs is 1. The number of nitrogens with one attached hydrogen (secondary N) is 2. The molecule has 2 N–H and O–H groups in total. The average molecular weight is 417 g/mol. The molecule has 1 aliphatic carbocycles. The molecule has 0 bridgehead atoms. The number of rotatable bonds is 5. The zero-order valence-corrected chi connectivity index (χ0v) is 16.3. The van der Waals surface area contributed by atoms with Crippen LogP contribution in [0.4, 0.5) is 10.1 Å². The lowest BCUT2D eigenvalue weighted by molar-refractivity contribution is 0.102. The number of aryl methyl sites for hydroxylation is 1. The summed E-state index contributed by atoms with van der Waals surface area (Å²) in [7, 11) is 0. The topological polar surface area (TPSA) is 96.9 Å². The molecule has 29 heavy (non-hydrogen) atoms. The van der Waals surface area contributed by atoms with E-state index in [4.69, 9.17) is 11.6 Å². The normalized spacial score (nSPS) is 13.6. The molecule has 1 fully saturated rings. The van der Waals surface area contributed by atoms with Crippen molar-refractivity contribution in [1.29, 1.82) is 0 Å². The van der Waals surface area contributed by atoms with E-state index in [-0.39, 0.29) is 33.2 Å². The summed E-state index contributed by atoms with van der Waals surface area (Å²) in [4.78, 5) is 44.6. The van der Waals surface area contributed by atoms with Crippen LogP contribution in [0.3, 0.4) is 0 Å². The van der Waals surface area contributed by atoms with Crippen LogP contribution in [0.1, 0.15) is 48.2 Å². The molecule has 7 nitrogen and oxygen atoms in total. The Morgan fingerprint density at radius 3 is 2.76 bits per heavy atom. The first-order valence-corrected chi connectivity index (χ1v) is 9.71. The fraction of sp³-hybridized carbons (Fsp3) is 0.300. The number of H-pyrrole nitrogens is 1. The van der Waals surface area contributed by atoms with E-state index in [0.717, 1.165) is 18.9 Å². The second-order valence-corrected chi connectivity index (χ2v) is 7.47. The Bertz CT molecular complexity index is 1250. The number of carbonyl (C=O) groups is 1. The Labute approximate surface area is 169 Å². The minimum Gasteiger partial charge on any atom is -0.322 e. The summed E-state index contributed by atoms with van der Waals surface area (Å²) in [5.41, 5.74) is -0.0840. The van der Waals surface area contributed by atoms with Crippen LogP contribution in [0.2, 0.25) is 5.02 Å². The largest absolute Gasteiger partial charge is 0.329 e. The smallest absolute Gasteiger partial charge is 0.322 e. The standard InChI is InChI=1S/C20H18ClFN4O3/c1-2-7-26-17-16(19(28)25-20(26)29)12(9-15(24-17)10-3-4-10)18(27)23-11-5-6-13(21)14(22)8-11/h5-6,8-10H,2-4,7H2,1H3,(H,23,27)(H,25,28,29). The van der Waals surface area contributed by atoms with Crippen molar-refractivity contribution in [3.8, 4) is 0 Å². The molecule has 9 heteroatoms. The Hall–Kier alpha value is -3.00. The van der Waals surface area contributed by atoms with E-state index in [9.17, 15) is 18.8 Å². The van der Waals surface area contributed by atoms with Crippen molar-refractivity contribution in [2.75, 3.05) is 5.32 Å². The SMILES string of the molecule is CCCn1c(=O)[nH]c(=O)c2c(C(=O)Nc3ccc(Cl)c(F)c3)cc(C3CC3)nc21. The molecule has 3 aromatic rings. The van der Waals surface area contributed by atoms with Crippen molar-refractivity contribution in [2.45, 2.75) is 38.6 Å². The Morgan fingerprint density at radius 2 is 2.10 bits per heavy atom. The maximum Gasteiger partial charge on any atom is 0.329 e. The second-order valence-electron chi connectivity index (χ2n) is 7.06. The number of aromatic amines is 1. The van der Waals surface area contributed by atoms with Crippen molar-refractivity contribution in [3.05, 3.63) is 67.2 Å². The molecule has 4 rings (SSSR count). The van der Waals surface area contributed by atoms with Crippen LogP contribution in [0.15, 0.2) is 33.9 Å². The zero-order chi connectivity index (χ0) is 20.7. The van der Waals surface area contributed by atoms with Crippen LogP contribution in [0.5, 0.6) is 0 Å². The summed E-state index contributed by atoms with van der Waals surface area (Å²) >= 11 is 5.68. The third kappa shape index (κ3) is 3.67. The molecule has 2 aromatic heterocycles. The zero-order valence-electron chi connectivity index (χ0n) is 15.6. The third-order valence-electron chi connectivity index (χ3n) is 4.83. The van der Waals surface area contributed by atoms with Crippen LogP contribution >= 0.6 is 11.6 Å². The molecular weight excluding hydrogens is 399 g/mol. The van der Waals surface area contributed by atoms with Gasteiger partial charge in [-0.1, -0.05) is 18.5 Å².